The molecular formula is C12H23N3O3S. The quantitative estimate of drug-likeness (QED) is 0.289. The van der Waals surface area contributed by atoms with E-state index in [0.29, 0.717) is 38.5 Å². The van der Waals surface area contributed by atoms with E-state index < -0.39 is 5.41 Å². The summed E-state index contributed by atoms with van der Waals surface area (Å²) in [5, 5.41) is 14.9. The summed E-state index contributed by atoms with van der Waals surface area (Å²) in [4.78, 5) is 12.4. The van der Waals surface area contributed by atoms with Crippen LogP contribution in [0.5, 0.6) is 0 Å². The van der Waals surface area contributed by atoms with Gasteiger partial charge in [0.15, 0.2) is 5.84 Å². The molecule has 0 aromatic heterocycles. The van der Waals surface area contributed by atoms with Crippen molar-refractivity contribution >= 4 is 23.5 Å². The van der Waals surface area contributed by atoms with Gasteiger partial charge in [-0.15, -0.1) is 0 Å². The Balaban J connectivity index is 2.67. The number of nitrogens with two attached hydrogens (primary N) is 1. The monoisotopic (exact) mass is 289 g/mol. The normalized spacial score (nSPS) is 20.8. The van der Waals surface area contributed by atoms with Gasteiger partial charge >= 0.3 is 0 Å². The highest BCUT2D eigenvalue weighted by Crippen LogP contribution is 2.31. The summed E-state index contributed by atoms with van der Waals surface area (Å²) in [6.45, 7) is 3.58. The highest BCUT2D eigenvalue weighted by molar-refractivity contribution is 7.98. The van der Waals surface area contributed by atoms with Crippen LogP contribution in [0.4, 0.5) is 0 Å². The molecule has 1 saturated heterocycles. The van der Waals surface area contributed by atoms with Gasteiger partial charge in [-0.1, -0.05) is 12.1 Å². The van der Waals surface area contributed by atoms with E-state index in [0.717, 1.165) is 5.75 Å². The van der Waals surface area contributed by atoms with Gasteiger partial charge in [0.25, 0.3) is 0 Å². The van der Waals surface area contributed by atoms with Crippen LogP contribution < -0.4 is 11.1 Å². The third-order valence-corrected chi connectivity index (χ3v) is 4.34. The number of hydrogen-bond donors (Lipinski definition) is 3. The Morgan fingerprint density at radius 1 is 1.58 bits per heavy atom. The lowest BCUT2D eigenvalue weighted by Crippen LogP contribution is -2.53. The Morgan fingerprint density at radius 2 is 2.21 bits per heavy atom. The van der Waals surface area contributed by atoms with Gasteiger partial charge in [-0.25, -0.2) is 0 Å². The topological polar surface area (TPSA) is 96.9 Å². The molecule has 1 heterocycles. The van der Waals surface area contributed by atoms with Crippen LogP contribution in [-0.2, 0) is 9.53 Å². The fourth-order valence-electron chi connectivity index (χ4n) is 2.19. The standard InChI is InChI=1S/C12H23N3O3S/c1-9(8-19-2)7-14-11(16)12(10(13)15-17)3-5-18-6-4-12/h9,17H,3-8H2,1-2H3,(H2,13,15)(H,14,16). The van der Waals surface area contributed by atoms with E-state index in [1.165, 1.54) is 0 Å². The summed E-state index contributed by atoms with van der Waals surface area (Å²) >= 11 is 1.75. The second kappa shape index (κ2) is 7.59. The smallest absolute Gasteiger partial charge is 0.234 e. The predicted octanol–water partition coefficient (Wildman–Crippen LogP) is 0.645. The van der Waals surface area contributed by atoms with Crippen LogP contribution in [0.2, 0.25) is 0 Å². The van der Waals surface area contributed by atoms with Gasteiger partial charge in [0.05, 0.1) is 0 Å². The van der Waals surface area contributed by atoms with Crippen molar-refractivity contribution in [3.63, 3.8) is 0 Å². The molecule has 1 aliphatic rings. The van der Waals surface area contributed by atoms with E-state index in [1.807, 2.05) is 6.26 Å². The minimum atomic E-state index is -0.925. The van der Waals surface area contributed by atoms with Crippen LogP contribution in [0.3, 0.4) is 0 Å². The molecule has 110 valence electrons. The molecule has 0 aromatic carbocycles. The van der Waals surface area contributed by atoms with Gasteiger partial charge in [-0.2, -0.15) is 11.8 Å². The van der Waals surface area contributed by atoms with Crippen molar-refractivity contribution in [2.45, 2.75) is 19.8 Å². The number of nitrogens with one attached hydrogen (secondary N) is 1. The van der Waals surface area contributed by atoms with Crippen LogP contribution in [0, 0.1) is 11.3 Å². The number of thioether (sulfide) groups is 1. The third-order valence-electron chi connectivity index (χ3n) is 3.44. The fraction of sp³-hybridized carbons (Fsp3) is 0.833. The summed E-state index contributed by atoms with van der Waals surface area (Å²) in [7, 11) is 0. The first-order chi connectivity index (χ1) is 9.06. The molecule has 0 bridgehead atoms. The Morgan fingerprint density at radius 3 is 2.74 bits per heavy atom. The van der Waals surface area contributed by atoms with E-state index in [-0.39, 0.29) is 11.7 Å². The molecule has 1 amide bonds. The number of amidine groups is 1. The van der Waals surface area contributed by atoms with Crippen LogP contribution >= 0.6 is 11.8 Å². The van der Waals surface area contributed by atoms with Crippen LogP contribution in [0.1, 0.15) is 19.8 Å². The van der Waals surface area contributed by atoms with Crippen LogP contribution in [-0.4, -0.2) is 48.7 Å². The van der Waals surface area contributed by atoms with Gasteiger partial charge in [-0.3, -0.25) is 4.79 Å². The zero-order chi connectivity index (χ0) is 14.3. The molecule has 1 rings (SSSR count). The summed E-state index contributed by atoms with van der Waals surface area (Å²) in [6.07, 6.45) is 2.94. The number of carbonyl (C=O) groups is 1. The number of amides is 1. The second-order valence-electron chi connectivity index (χ2n) is 4.95. The number of carbonyl (C=O) groups excluding carboxylic acids is 1. The average molecular weight is 289 g/mol. The molecule has 0 aliphatic carbocycles. The van der Waals surface area contributed by atoms with Crippen molar-refractivity contribution in [2.75, 3.05) is 31.8 Å². The Bertz CT molecular complexity index is 330. The molecule has 1 unspecified atom stereocenters. The Hall–Kier alpha value is -0.950. The summed E-state index contributed by atoms with van der Waals surface area (Å²) in [5.74, 6) is 1.19. The lowest BCUT2D eigenvalue weighted by molar-refractivity contribution is -0.131. The maximum Gasteiger partial charge on any atom is 0.234 e. The van der Waals surface area contributed by atoms with Crippen molar-refractivity contribution < 1.29 is 14.7 Å². The Labute approximate surface area is 118 Å². The number of oxime groups is 1. The molecule has 0 aromatic rings. The zero-order valence-electron chi connectivity index (χ0n) is 11.5. The van der Waals surface area contributed by atoms with E-state index in [4.69, 9.17) is 15.7 Å². The van der Waals surface area contributed by atoms with Gasteiger partial charge in [0.2, 0.25) is 5.91 Å². The van der Waals surface area contributed by atoms with Crippen molar-refractivity contribution in [1.82, 2.24) is 5.32 Å². The maximum absolute atomic E-state index is 12.4. The maximum atomic E-state index is 12.4. The average Bonchev–Trinajstić information content (AvgIpc) is 2.44. The summed E-state index contributed by atoms with van der Waals surface area (Å²) in [5.41, 5.74) is 4.80. The third kappa shape index (κ3) is 4.01. The minimum absolute atomic E-state index is 0.0224. The molecular weight excluding hydrogens is 266 g/mol. The van der Waals surface area contributed by atoms with Gasteiger partial charge in [0.1, 0.15) is 5.41 Å². The summed E-state index contributed by atoms with van der Waals surface area (Å²) < 4.78 is 5.26. The van der Waals surface area contributed by atoms with Crippen molar-refractivity contribution in [3.05, 3.63) is 0 Å². The Kier molecular flexibility index (Phi) is 6.44. The molecule has 19 heavy (non-hydrogen) atoms. The fourth-order valence-corrected chi connectivity index (χ4v) is 2.88. The zero-order valence-corrected chi connectivity index (χ0v) is 12.3. The highest BCUT2D eigenvalue weighted by atomic mass is 32.2. The van der Waals surface area contributed by atoms with E-state index in [2.05, 4.69) is 17.4 Å². The van der Waals surface area contributed by atoms with Gasteiger partial charge < -0.3 is 21.0 Å². The van der Waals surface area contributed by atoms with E-state index in [1.54, 1.807) is 11.8 Å². The lowest BCUT2D eigenvalue weighted by atomic mass is 9.78. The molecule has 0 radical (unpaired) electrons. The number of hydrogen-bond acceptors (Lipinski definition) is 5. The molecule has 1 fully saturated rings. The first-order valence-electron chi connectivity index (χ1n) is 6.40. The van der Waals surface area contributed by atoms with Gasteiger partial charge in [-0.05, 0) is 30.8 Å². The molecule has 6 nitrogen and oxygen atoms in total. The molecule has 0 spiro atoms. The van der Waals surface area contributed by atoms with Crippen LogP contribution in [0.15, 0.2) is 5.16 Å². The largest absolute Gasteiger partial charge is 0.409 e. The SMILES string of the molecule is CSCC(C)CNC(=O)C1(C(N)=NO)CCOCC1. The highest BCUT2D eigenvalue weighted by Gasteiger charge is 2.44. The molecule has 1 atom stereocenters. The minimum Gasteiger partial charge on any atom is -0.409 e. The molecule has 4 N–H and O–H groups in total. The summed E-state index contributed by atoms with van der Waals surface area (Å²) in [6, 6.07) is 0. The number of ether oxygens (including phenoxy) is 1. The first-order valence-corrected chi connectivity index (χ1v) is 7.79. The van der Waals surface area contributed by atoms with Crippen molar-refractivity contribution in [2.24, 2.45) is 22.2 Å². The second-order valence-corrected chi connectivity index (χ2v) is 5.86. The molecule has 0 saturated carbocycles. The van der Waals surface area contributed by atoms with E-state index >= 15 is 0 Å². The van der Waals surface area contributed by atoms with Crippen molar-refractivity contribution in [3.8, 4) is 0 Å². The number of nitrogens with zero attached hydrogens (tertiary/aromatic N) is 1. The van der Waals surface area contributed by atoms with Crippen molar-refractivity contribution in [1.29, 1.82) is 0 Å². The molecule has 7 heteroatoms. The first kappa shape index (κ1) is 16.1. The number of rotatable bonds is 6. The van der Waals surface area contributed by atoms with Gasteiger partial charge in [0, 0.05) is 19.8 Å². The van der Waals surface area contributed by atoms with Crippen LogP contribution in [0.25, 0.3) is 0 Å². The molecule has 1 aliphatic heterocycles. The van der Waals surface area contributed by atoms with E-state index in [9.17, 15) is 4.79 Å². The predicted molar refractivity (Wildman–Crippen MR) is 76.5 cm³/mol. The lowest BCUT2D eigenvalue weighted by Gasteiger charge is -2.34.